The lowest BCUT2D eigenvalue weighted by molar-refractivity contribution is -0.908. The lowest BCUT2D eigenvalue weighted by atomic mass is 9.95. The van der Waals surface area contributed by atoms with Crippen molar-refractivity contribution in [1.82, 2.24) is 9.88 Å². The molecule has 0 bridgehead atoms. The summed E-state index contributed by atoms with van der Waals surface area (Å²) in [5.41, 5.74) is 0.881. The second-order valence-electron chi connectivity index (χ2n) is 8.29. The molecular weight excluding hydrogens is 438 g/mol. The van der Waals surface area contributed by atoms with E-state index in [1.807, 2.05) is 0 Å². The Hall–Kier alpha value is -3.43. The van der Waals surface area contributed by atoms with Gasteiger partial charge in [0.15, 0.2) is 11.5 Å². The Labute approximate surface area is 198 Å². The van der Waals surface area contributed by atoms with E-state index in [0.29, 0.717) is 35.6 Å². The number of Topliss-reactive ketones (excluding diaryl/α,β-unsaturated/α-hetero) is 1. The molecule has 9 nitrogen and oxygen atoms in total. The van der Waals surface area contributed by atoms with Gasteiger partial charge in [-0.15, -0.1) is 0 Å². The number of ketones is 1. The van der Waals surface area contributed by atoms with Crippen molar-refractivity contribution in [2.75, 3.05) is 53.6 Å². The van der Waals surface area contributed by atoms with Gasteiger partial charge < -0.3 is 29.1 Å². The molecule has 1 amide bonds. The summed E-state index contributed by atoms with van der Waals surface area (Å²) < 4.78 is 16.2. The zero-order valence-electron chi connectivity index (χ0n) is 19.4. The van der Waals surface area contributed by atoms with Gasteiger partial charge in [-0.1, -0.05) is 11.8 Å². The summed E-state index contributed by atoms with van der Waals surface area (Å²) in [6, 6.07) is 7.48. The van der Waals surface area contributed by atoms with Crippen LogP contribution in [0.2, 0.25) is 0 Å². The number of morpholine rings is 1. The highest BCUT2D eigenvalue weighted by molar-refractivity contribution is 6.46. The van der Waals surface area contributed by atoms with Crippen molar-refractivity contribution < 1.29 is 33.8 Å². The maximum Gasteiger partial charge on any atom is 0.295 e. The Morgan fingerprint density at radius 3 is 2.50 bits per heavy atom. The predicted octanol–water partition coefficient (Wildman–Crippen LogP) is -0.372. The highest BCUT2D eigenvalue weighted by Gasteiger charge is 2.44. The van der Waals surface area contributed by atoms with Gasteiger partial charge in [0.1, 0.15) is 13.1 Å². The fraction of sp³-hybridized carbons (Fsp3) is 0.400. The van der Waals surface area contributed by atoms with Gasteiger partial charge in [0.25, 0.3) is 5.91 Å². The zero-order chi connectivity index (χ0) is 24.1. The van der Waals surface area contributed by atoms with Crippen LogP contribution in [0.5, 0.6) is 11.5 Å². The van der Waals surface area contributed by atoms with Crippen molar-refractivity contribution in [2.24, 2.45) is 0 Å². The Morgan fingerprint density at radius 2 is 1.82 bits per heavy atom. The minimum atomic E-state index is -0.805. The molecule has 2 aliphatic rings. The minimum absolute atomic E-state index is 0.0536. The van der Waals surface area contributed by atoms with Crippen molar-refractivity contribution in [1.29, 1.82) is 0 Å². The summed E-state index contributed by atoms with van der Waals surface area (Å²) in [6.45, 7) is 4.51. The fourth-order valence-electron chi connectivity index (χ4n) is 4.54. The summed E-state index contributed by atoms with van der Waals surface area (Å²) in [5.74, 6) is -0.914. The molecular formula is C25H29N3O6. The van der Waals surface area contributed by atoms with Crippen LogP contribution in [-0.4, -0.2) is 75.2 Å². The van der Waals surface area contributed by atoms with Gasteiger partial charge in [0.2, 0.25) is 5.78 Å². The number of quaternary nitrogens is 1. The highest BCUT2D eigenvalue weighted by atomic mass is 16.5. The van der Waals surface area contributed by atoms with Crippen LogP contribution in [0.25, 0.3) is 5.76 Å². The smallest absolute Gasteiger partial charge is 0.295 e. The number of amides is 1. The molecule has 1 unspecified atom stereocenters. The average Bonchev–Trinajstić information content (AvgIpc) is 3.14. The molecule has 1 atom stereocenters. The summed E-state index contributed by atoms with van der Waals surface area (Å²) in [4.78, 5) is 33.1. The third kappa shape index (κ3) is 4.76. The number of hydrogen-bond acceptors (Lipinski definition) is 7. The molecule has 2 aliphatic heterocycles. The van der Waals surface area contributed by atoms with Crippen LogP contribution in [0, 0.1) is 0 Å². The quantitative estimate of drug-likeness (QED) is 0.321. The third-order valence-corrected chi connectivity index (χ3v) is 6.32. The minimum Gasteiger partial charge on any atom is -0.872 e. The Bertz CT molecular complexity index is 1070. The van der Waals surface area contributed by atoms with Crippen molar-refractivity contribution in [2.45, 2.75) is 12.5 Å². The van der Waals surface area contributed by atoms with Crippen molar-refractivity contribution in [3.63, 3.8) is 0 Å². The first-order valence-electron chi connectivity index (χ1n) is 11.3. The number of benzene rings is 1. The monoisotopic (exact) mass is 467 g/mol. The van der Waals surface area contributed by atoms with Crippen LogP contribution in [0.1, 0.15) is 23.6 Å². The van der Waals surface area contributed by atoms with E-state index in [0.717, 1.165) is 32.8 Å². The summed E-state index contributed by atoms with van der Waals surface area (Å²) >= 11 is 0. The number of hydrogen-bond donors (Lipinski definition) is 1. The molecule has 0 spiro atoms. The van der Waals surface area contributed by atoms with E-state index in [1.165, 1.54) is 36.4 Å². The van der Waals surface area contributed by atoms with Gasteiger partial charge in [0.05, 0.1) is 40.0 Å². The molecule has 1 N–H and O–H groups in total. The largest absolute Gasteiger partial charge is 0.872 e. The Kier molecular flexibility index (Phi) is 7.44. The molecule has 34 heavy (non-hydrogen) atoms. The molecule has 4 rings (SSSR count). The normalized spacial score (nSPS) is 20.5. The van der Waals surface area contributed by atoms with E-state index in [9.17, 15) is 14.7 Å². The highest BCUT2D eigenvalue weighted by Crippen LogP contribution is 2.41. The standard InChI is InChI=1S/C25H29N3O6/c1-32-19-5-4-18(16-20(19)33-2)22-21(23(29)17-6-8-26-9-7-17)24(30)25(31)28(22)11-3-10-27-12-14-34-15-13-27/h4-9,16,22,29H,3,10-15H2,1-2H3/b23-21+. The van der Waals surface area contributed by atoms with Gasteiger partial charge in [-0.2, -0.15) is 0 Å². The van der Waals surface area contributed by atoms with Crippen molar-refractivity contribution >= 4 is 17.4 Å². The summed E-state index contributed by atoms with van der Waals surface area (Å²) in [6.07, 6.45) is 3.68. The maximum absolute atomic E-state index is 13.4. The molecule has 0 radical (unpaired) electrons. The van der Waals surface area contributed by atoms with Gasteiger partial charge in [0, 0.05) is 30.9 Å². The number of rotatable bonds is 8. The number of ether oxygens (including phenoxy) is 3. The second kappa shape index (κ2) is 10.7. The first-order valence-corrected chi connectivity index (χ1v) is 11.3. The summed E-state index contributed by atoms with van der Waals surface area (Å²) in [5, 5.41) is 13.4. The molecule has 1 aromatic carbocycles. The number of nitrogens with zero attached hydrogens (tertiary/aromatic N) is 2. The van der Waals surface area contributed by atoms with Crippen LogP contribution < -0.4 is 19.5 Å². The van der Waals surface area contributed by atoms with E-state index < -0.39 is 23.5 Å². The molecule has 3 heterocycles. The molecule has 0 saturated carbocycles. The second-order valence-corrected chi connectivity index (χ2v) is 8.29. The van der Waals surface area contributed by atoms with Gasteiger partial charge >= 0.3 is 0 Å². The molecule has 2 fully saturated rings. The molecule has 9 heteroatoms. The van der Waals surface area contributed by atoms with Crippen molar-refractivity contribution in [3.05, 3.63) is 59.4 Å². The zero-order valence-corrected chi connectivity index (χ0v) is 19.4. The predicted molar refractivity (Wildman–Crippen MR) is 121 cm³/mol. The Balaban J connectivity index is 1.70. The molecule has 2 aromatic rings. The van der Waals surface area contributed by atoms with Crippen LogP contribution in [0.15, 0.2) is 48.3 Å². The van der Waals surface area contributed by atoms with Gasteiger partial charge in [-0.25, -0.2) is 0 Å². The van der Waals surface area contributed by atoms with E-state index >= 15 is 0 Å². The van der Waals surface area contributed by atoms with E-state index in [4.69, 9.17) is 14.2 Å². The first-order chi connectivity index (χ1) is 16.5. The van der Waals surface area contributed by atoms with Crippen LogP contribution >= 0.6 is 0 Å². The SMILES string of the molecule is COc1ccc(C2/C(=C(\[O-])c3ccncc3)C(=O)C(=O)N2CCC[NH+]2CCOCC2)cc1OC. The number of methoxy groups -OCH3 is 2. The van der Waals surface area contributed by atoms with E-state index in [-0.39, 0.29) is 5.57 Å². The maximum atomic E-state index is 13.4. The topological polar surface area (TPSA) is 105 Å². The number of pyridine rings is 1. The van der Waals surface area contributed by atoms with E-state index in [2.05, 4.69) is 4.98 Å². The van der Waals surface area contributed by atoms with Crippen LogP contribution in [0.3, 0.4) is 0 Å². The Morgan fingerprint density at radius 1 is 1.12 bits per heavy atom. The fourth-order valence-corrected chi connectivity index (χ4v) is 4.54. The molecule has 180 valence electrons. The summed E-state index contributed by atoms with van der Waals surface area (Å²) in [7, 11) is 3.05. The lowest BCUT2D eigenvalue weighted by Crippen LogP contribution is -3.14. The van der Waals surface area contributed by atoms with E-state index in [1.54, 1.807) is 30.3 Å². The number of carbonyl (C=O) groups excluding carboxylic acids is 2. The van der Waals surface area contributed by atoms with Crippen LogP contribution in [0.4, 0.5) is 0 Å². The first kappa shape index (κ1) is 23.7. The molecule has 1 aromatic heterocycles. The number of nitrogens with one attached hydrogen (secondary N) is 1. The lowest BCUT2D eigenvalue weighted by Gasteiger charge is -2.29. The molecule has 0 aliphatic carbocycles. The number of likely N-dealkylation sites (tertiary alicyclic amines) is 1. The van der Waals surface area contributed by atoms with Gasteiger partial charge in [-0.05, 0) is 35.4 Å². The van der Waals surface area contributed by atoms with Crippen LogP contribution in [-0.2, 0) is 14.3 Å². The number of carbonyl (C=O) groups is 2. The van der Waals surface area contributed by atoms with Crippen molar-refractivity contribution in [3.8, 4) is 11.5 Å². The average molecular weight is 468 g/mol. The van der Waals surface area contributed by atoms with Gasteiger partial charge in [-0.3, -0.25) is 14.6 Å². The molecule has 2 saturated heterocycles. The third-order valence-electron chi connectivity index (χ3n) is 6.32. The number of aromatic nitrogens is 1.